The van der Waals surface area contributed by atoms with Crippen molar-refractivity contribution in [2.45, 2.75) is 56.4 Å². The fourth-order valence-corrected chi connectivity index (χ4v) is 5.86. The van der Waals surface area contributed by atoms with Crippen LogP contribution in [0.2, 0.25) is 5.02 Å². The van der Waals surface area contributed by atoms with Crippen molar-refractivity contribution in [2.75, 3.05) is 6.54 Å². The molecule has 2 heterocycles. The number of H-pyrrole nitrogens is 1. The van der Waals surface area contributed by atoms with Crippen LogP contribution in [-0.4, -0.2) is 33.9 Å². The maximum absolute atomic E-state index is 14.0. The van der Waals surface area contributed by atoms with Gasteiger partial charge in [-0.1, -0.05) is 61.2 Å². The first kappa shape index (κ1) is 26.0. The first-order chi connectivity index (χ1) is 18.4. The molecule has 4 aromatic rings. The molecule has 0 aliphatic heterocycles. The van der Waals surface area contributed by atoms with Gasteiger partial charge in [0, 0.05) is 58.0 Å². The number of aromatic amines is 1. The number of para-hydroxylation sites is 1. The van der Waals surface area contributed by atoms with E-state index >= 15 is 0 Å². The topological polar surface area (TPSA) is 86.9 Å². The van der Waals surface area contributed by atoms with Crippen LogP contribution in [0.1, 0.15) is 60.6 Å². The number of aromatic nitrogens is 2. The first-order valence-electron chi connectivity index (χ1n) is 13.2. The number of amides is 2. The normalized spacial score (nSPS) is 16.5. The van der Waals surface area contributed by atoms with Crippen LogP contribution in [-0.2, 0) is 16.6 Å². The number of fused-ring (bicyclic) bond motifs is 1. The van der Waals surface area contributed by atoms with Crippen LogP contribution in [0.4, 0.5) is 0 Å². The Bertz CT molecular complexity index is 1430. The Balaban J connectivity index is 1.43. The maximum Gasteiger partial charge on any atom is 0.252 e. The minimum absolute atomic E-state index is 0.214. The number of hydrogen-bond donors (Lipinski definition) is 3. The van der Waals surface area contributed by atoms with Gasteiger partial charge in [0.25, 0.3) is 5.91 Å². The average molecular weight is 529 g/mol. The Hall–Kier alpha value is -3.64. The number of nitrogens with one attached hydrogen (secondary N) is 3. The zero-order valence-corrected chi connectivity index (χ0v) is 22.4. The zero-order valence-electron chi connectivity index (χ0n) is 21.6. The van der Waals surface area contributed by atoms with Gasteiger partial charge in [-0.2, -0.15) is 0 Å². The van der Waals surface area contributed by atoms with Crippen LogP contribution in [0.5, 0.6) is 0 Å². The number of rotatable bonds is 8. The Labute approximate surface area is 228 Å². The standard InChI is InChI=1S/C31H33ClN4O2/c1-30(36-28(37)22-10-9-11-24(32)18-22,19-23-20-34-26-13-4-3-12-25(23)26)29(38)35-21-31(15-6-2-7-16-31)27-14-5-8-17-33-27/h3-5,8-14,17-18,20,34H,2,6-7,15-16,19,21H2,1H3,(H,35,38)(H,36,37)/t30-/m0/s1. The Morgan fingerprint density at radius 3 is 2.58 bits per heavy atom. The van der Waals surface area contributed by atoms with Crippen LogP contribution in [0.3, 0.4) is 0 Å². The van der Waals surface area contributed by atoms with E-state index < -0.39 is 5.54 Å². The van der Waals surface area contributed by atoms with Crippen LogP contribution in [0.15, 0.2) is 79.1 Å². The van der Waals surface area contributed by atoms with Gasteiger partial charge in [0.05, 0.1) is 0 Å². The molecule has 38 heavy (non-hydrogen) atoms. The second-order valence-electron chi connectivity index (χ2n) is 10.6. The molecule has 2 aromatic carbocycles. The number of benzene rings is 2. The highest BCUT2D eigenvalue weighted by atomic mass is 35.5. The van der Waals surface area contributed by atoms with Gasteiger partial charge < -0.3 is 15.6 Å². The van der Waals surface area contributed by atoms with E-state index in [2.05, 4.69) is 26.7 Å². The lowest BCUT2D eigenvalue weighted by molar-refractivity contribution is -0.127. The lowest BCUT2D eigenvalue weighted by Crippen LogP contribution is -2.59. The van der Waals surface area contributed by atoms with Crippen molar-refractivity contribution >= 4 is 34.3 Å². The second-order valence-corrected chi connectivity index (χ2v) is 11.0. The molecule has 196 valence electrons. The first-order valence-corrected chi connectivity index (χ1v) is 13.6. The summed E-state index contributed by atoms with van der Waals surface area (Å²) in [6, 6.07) is 20.7. The summed E-state index contributed by atoms with van der Waals surface area (Å²) in [7, 11) is 0. The van der Waals surface area contributed by atoms with E-state index in [0.717, 1.165) is 47.8 Å². The molecule has 1 aliphatic carbocycles. The van der Waals surface area contributed by atoms with E-state index in [4.69, 9.17) is 11.6 Å². The minimum Gasteiger partial charge on any atom is -0.361 e. The molecule has 1 fully saturated rings. The lowest BCUT2D eigenvalue weighted by Gasteiger charge is -2.38. The van der Waals surface area contributed by atoms with E-state index in [1.54, 1.807) is 31.2 Å². The van der Waals surface area contributed by atoms with Gasteiger partial charge in [-0.15, -0.1) is 0 Å². The van der Waals surface area contributed by atoms with Gasteiger partial charge in [0.1, 0.15) is 5.54 Å². The van der Waals surface area contributed by atoms with Crippen molar-refractivity contribution in [1.29, 1.82) is 0 Å². The summed E-state index contributed by atoms with van der Waals surface area (Å²) in [5.74, 6) is -0.568. The molecule has 1 saturated carbocycles. The fourth-order valence-electron chi connectivity index (χ4n) is 5.67. The van der Waals surface area contributed by atoms with Crippen molar-refractivity contribution in [1.82, 2.24) is 20.6 Å². The van der Waals surface area contributed by atoms with Gasteiger partial charge in [-0.05, 0) is 61.7 Å². The summed E-state index contributed by atoms with van der Waals surface area (Å²) < 4.78 is 0. The van der Waals surface area contributed by atoms with E-state index in [1.165, 1.54) is 6.42 Å². The summed E-state index contributed by atoms with van der Waals surface area (Å²) in [6.07, 6.45) is 9.39. The minimum atomic E-state index is -1.20. The van der Waals surface area contributed by atoms with Crippen molar-refractivity contribution in [2.24, 2.45) is 0 Å². The summed E-state index contributed by atoms with van der Waals surface area (Å²) in [6.45, 7) is 2.26. The summed E-state index contributed by atoms with van der Waals surface area (Å²) in [4.78, 5) is 35.3. The third kappa shape index (κ3) is 5.46. The molecule has 3 N–H and O–H groups in total. The molecule has 0 bridgehead atoms. The summed E-state index contributed by atoms with van der Waals surface area (Å²) in [5.41, 5.74) is 1.96. The number of halogens is 1. The summed E-state index contributed by atoms with van der Waals surface area (Å²) in [5, 5.41) is 7.77. The van der Waals surface area contributed by atoms with E-state index in [0.29, 0.717) is 23.6 Å². The quantitative estimate of drug-likeness (QED) is 0.263. The van der Waals surface area contributed by atoms with Gasteiger partial charge >= 0.3 is 0 Å². The van der Waals surface area contributed by atoms with Crippen molar-refractivity contribution in [3.05, 3.63) is 101 Å². The largest absolute Gasteiger partial charge is 0.361 e. The third-order valence-electron chi connectivity index (χ3n) is 7.80. The molecule has 1 aliphatic rings. The van der Waals surface area contributed by atoms with E-state index in [1.807, 2.05) is 48.8 Å². The van der Waals surface area contributed by atoms with Gasteiger partial charge in [0.15, 0.2) is 0 Å². The predicted molar refractivity (Wildman–Crippen MR) is 151 cm³/mol. The van der Waals surface area contributed by atoms with E-state index in [9.17, 15) is 9.59 Å². The average Bonchev–Trinajstić information content (AvgIpc) is 3.35. The van der Waals surface area contributed by atoms with Gasteiger partial charge in [-0.3, -0.25) is 14.6 Å². The second kappa shape index (κ2) is 11.0. The molecule has 1 atom stereocenters. The SMILES string of the molecule is C[C@@](Cc1c[nH]c2ccccc12)(NC(=O)c1cccc(Cl)c1)C(=O)NCC1(c2ccccn2)CCCCC1. The van der Waals surface area contributed by atoms with Crippen LogP contribution in [0, 0.1) is 0 Å². The maximum atomic E-state index is 14.0. The number of pyridine rings is 1. The smallest absolute Gasteiger partial charge is 0.252 e. The molecule has 2 aromatic heterocycles. The number of carbonyl (C=O) groups excluding carboxylic acids is 2. The van der Waals surface area contributed by atoms with Crippen LogP contribution < -0.4 is 10.6 Å². The molecule has 7 heteroatoms. The molecule has 0 spiro atoms. The predicted octanol–water partition coefficient (Wildman–Crippen LogP) is 5.97. The molecule has 0 saturated heterocycles. The molecule has 0 radical (unpaired) electrons. The molecule has 0 unspecified atom stereocenters. The monoisotopic (exact) mass is 528 g/mol. The highest BCUT2D eigenvalue weighted by Gasteiger charge is 2.40. The molecule has 5 rings (SSSR count). The molecular formula is C31H33ClN4O2. The highest BCUT2D eigenvalue weighted by molar-refractivity contribution is 6.31. The van der Waals surface area contributed by atoms with E-state index in [-0.39, 0.29) is 17.2 Å². The number of nitrogens with zero attached hydrogens (tertiary/aromatic N) is 1. The Morgan fingerprint density at radius 1 is 1.03 bits per heavy atom. The Kier molecular flexibility index (Phi) is 7.52. The van der Waals surface area contributed by atoms with Crippen molar-refractivity contribution in [3.8, 4) is 0 Å². The zero-order chi connectivity index (χ0) is 26.6. The lowest BCUT2D eigenvalue weighted by atomic mass is 9.71. The molecule has 6 nitrogen and oxygen atoms in total. The summed E-state index contributed by atoms with van der Waals surface area (Å²) >= 11 is 6.14. The molecule has 2 amide bonds. The Morgan fingerprint density at radius 2 is 1.82 bits per heavy atom. The van der Waals surface area contributed by atoms with Gasteiger partial charge in [-0.25, -0.2) is 0 Å². The van der Waals surface area contributed by atoms with Crippen molar-refractivity contribution < 1.29 is 9.59 Å². The fraction of sp³-hybridized carbons (Fsp3) is 0.323. The van der Waals surface area contributed by atoms with Crippen LogP contribution in [0.25, 0.3) is 10.9 Å². The number of hydrogen-bond acceptors (Lipinski definition) is 3. The van der Waals surface area contributed by atoms with Gasteiger partial charge in [0.2, 0.25) is 5.91 Å². The third-order valence-corrected chi connectivity index (χ3v) is 8.04. The van der Waals surface area contributed by atoms with Crippen LogP contribution >= 0.6 is 11.6 Å². The number of carbonyl (C=O) groups is 2. The van der Waals surface area contributed by atoms with Crippen molar-refractivity contribution in [3.63, 3.8) is 0 Å². The highest BCUT2D eigenvalue weighted by Crippen LogP contribution is 2.38. The molecular weight excluding hydrogens is 496 g/mol.